The summed E-state index contributed by atoms with van der Waals surface area (Å²) in [7, 11) is 0. The zero-order valence-electron chi connectivity index (χ0n) is 18.4. The first-order chi connectivity index (χ1) is 15.5. The molecular weight excluding hydrogens is 422 g/mol. The normalized spacial score (nSPS) is 17.2. The van der Waals surface area contributed by atoms with Crippen LogP contribution < -0.4 is 15.5 Å². The average Bonchev–Trinajstić information content (AvgIpc) is 2.97. The fraction of sp³-hybridized carbons (Fsp3) is 0.375. The average molecular weight is 450 g/mol. The van der Waals surface area contributed by atoms with E-state index < -0.39 is 5.54 Å². The topological polar surface area (TPSA) is 79.4 Å². The van der Waals surface area contributed by atoms with E-state index in [2.05, 4.69) is 64.9 Å². The highest BCUT2D eigenvalue weighted by Crippen LogP contribution is 2.31. The number of aryl methyl sites for hydroxylation is 1. The molecule has 0 spiro atoms. The highest BCUT2D eigenvalue weighted by atomic mass is 32.2. The van der Waals surface area contributed by atoms with Crippen LogP contribution in [0.3, 0.4) is 0 Å². The Morgan fingerprint density at radius 3 is 2.84 bits per heavy atom. The number of hydrogen-bond acceptors (Lipinski definition) is 7. The van der Waals surface area contributed by atoms with Crippen molar-refractivity contribution in [1.82, 2.24) is 15.3 Å². The summed E-state index contributed by atoms with van der Waals surface area (Å²) in [6.45, 7) is 6.80. The molecule has 1 amide bonds. The first kappa shape index (κ1) is 21.0. The minimum atomic E-state index is -0.398. The molecule has 2 aliphatic rings. The summed E-state index contributed by atoms with van der Waals surface area (Å²) in [5.41, 5.74) is 2.96. The number of nitrogens with zero attached hydrogens (tertiary/aromatic N) is 3. The molecule has 32 heavy (non-hydrogen) atoms. The summed E-state index contributed by atoms with van der Waals surface area (Å²) in [6, 6.07) is 14.8. The van der Waals surface area contributed by atoms with Crippen molar-refractivity contribution in [3.8, 4) is 0 Å². The van der Waals surface area contributed by atoms with Crippen LogP contribution in [0.2, 0.25) is 0 Å². The van der Waals surface area contributed by atoms with Crippen LogP contribution in [0.5, 0.6) is 0 Å². The SMILES string of the molecule is CC(=O)NC1(CNc2nc(N3CCSc4ccccc4C3)nc3ccc(C)cc23)COC1. The van der Waals surface area contributed by atoms with Crippen LogP contribution in [0.15, 0.2) is 47.4 Å². The number of carbonyl (C=O) groups is 1. The van der Waals surface area contributed by atoms with E-state index in [1.165, 1.54) is 17.4 Å². The standard InChI is InChI=1S/C24H27N5O2S/c1-16-7-8-20-19(11-16)22(25-13-24(14-31-15-24)28-17(2)30)27-23(26-20)29-9-10-32-21-6-4-3-5-18(21)12-29/h3-8,11H,9-10,12-15H2,1-2H3,(H,28,30)(H,25,26,27). The molecule has 0 saturated carbocycles. The molecule has 1 fully saturated rings. The van der Waals surface area contributed by atoms with Crippen LogP contribution in [-0.4, -0.2) is 53.5 Å². The zero-order chi connectivity index (χ0) is 22.1. The first-order valence-electron chi connectivity index (χ1n) is 10.9. The lowest BCUT2D eigenvalue weighted by Gasteiger charge is -2.42. The number of fused-ring (bicyclic) bond motifs is 2. The molecule has 7 nitrogen and oxygen atoms in total. The summed E-state index contributed by atoms with van der Waals surface area (Å²) in [4.78, 5) is 25.1. The van der Waals surface area contributed by atoms with E-state index in [0.717, 1.165) is 47.1 Å². The van der Waals surface area contributed by atoms with Gasteiger partial charge in [-0.25, -0.2) is 4.98 Å². The lowest BCUT2D eigenvalue weighted by Crippen LogP contribution is -2.65. The number of carbonyl (C=O) groups excluding carboxylic acids is 1. The Morgan fingerprint density at radius 1 is 1.22 bits per heavy atom. The van der Waals surface area contributed by atoms with E-state index >= 15 is 0 Å². The van der Waals surface area contributed by atoms with Crippen LogP contribution in [0.25, 0.3) is 10.9 Å². The molecule has 2 aliphatic heterocycles. The van der Waals surface area contributed by atoms with Crippen LogP contribution >= 0.6 is 11.8 Å². The molecule has 1 aromatic heterocycles. The number of rotatable bonds is 5. The fourth-order valence-corrected chi connectivity index (χ4v) is 5.22. The second-order valence-electron chi connectivity index (χ2n) is 8.58. The minimum Gasteiger partial charge on any atom is -0.376 e. The Balaban J connectivity index is 1.48. The molecule has 0 atom stereocenters. The van der Waals surface area contributed by atoms with Crippen molar-refractivity contribution < 1.29 is 9.53 Å². The molecule has 2 N–H and O–H groups in total. The van der Waals surface area contributed by atoms with Crippen molar-refractivity contribution in [2.75, 3.05) is 42.3 Å². The van der Waals surface area contributed by atoms with Crippen LogP contribution in [0.1, 0.15) is 18.1 Å². The predicted octanol–water partition coefficient (Wildman–Crippen LogP) is 3.37. The van der Waals surface area contributed by atoms with Crippen molar-refractivity contribution in [3.63, 3.8) is 0 Å². The highest BCUT2D eigenvalue weighted by Gasteiger charge is 2.39. The second kappa shape index (κ2) is 8.60. The van der Waals surface area contributed by atoms with Gasteiger partial charge in [-0.2, -0.15) is 4.98 Å². The maximum atomic E-state index is 11.7. The number of ether oxygens (including phenoxy) is 1. The Kier molecular flexibility index (Phi) is 5.65. The van der Waals surface area contributed by atoms with E-state index in [9.17, 15) is 4.79 Å². The zero-order valence-corrected chi connectivity index (χ0v) is 19.2. The molecule has 1 saturated heterocycles. The third kappa shape index (κ3) is 4.25. The van der Waals surface area contributed by atoms with Gasteiger partial charge in [0.05, 0.1) is 18.7 Å². The highest BCUT2D eigenvalue weighted by molar-refractivity contribution is 7.99. The molecule has 0 unspecified atom stereocenters. The smallest absolute Gasteiger partial charge is 0.228 e. The van der Waals surface area contributed by atoms with Gasteiger partial charge >= 0.3 is 0 Å². The molecule has 8 heteroatoms. The van der Waals surface area contributed by atoms with Crippen LogP contribution in [0, 0.1) is 6.92 Å². The van der Waals surface area contributed by atoms with Gasteiger partial charge in [0.15, 0.2) is 0 Å². The molecular formula is C24H27N5O2S. The maximum absolute atomic E-state index is 11.7. The number of nitrogens with one attached hydrogen (secondary N) is 2. The lowest BCUT2D eigenvalue weighted by molar-refractivity contribution is -0.129. The van der Waals surface area contributed by atoms with Gasteiger partial charge in [-0.1, -0.05) is 29.8 Å². The molecule has 5 rings (SSSR count). The number of anilines is 2. The van der Waals surface area contributed by atoms with Gasteiger partial charge in [0.2, 0.25) is 11.9 Å². The maximum Gasteiger partial charge on any atom is 0.228 e. The van der Waals surface area contributed by atoms with E-state index in [1.807, 2.05) is 11.8 Å². The number of benzene rings is 2. The van der Waals surface area contributed by atoms with E-state index in [1.54, 1.807) is 0 Å². The fourth-order valence-electron chi connectivity index (χ4n) is 4.20. The molecule has 0 radical (unpaired) electrons. The summed E-state index contributed by atoms with van der Waals surface area (Å²) in [5.74, 6) is 2.44. The number of hydrogen-bond donors (Lipinski definition) is 2. The third-order valence-electron chi connectivity index (χ3n) is 5.87. The number of amides is 1. The van der Waals surface area contributed by atoms with E-state index in [-0.39, 0.29) is 5.91 Å². The minimum absolute atomic E-state index is 0.0556. The van der Waals surface area contributed by atoms with Gasteiger partial charge in [0, 0.05) is 42.6 Å². The number of aromatic nitrogens is 2. The molecule has 0 aliphatic carbocycles. The Morgan fingerprint density at radius 2 is 2.06 bits per heavy atom. The number of thioether (sulfide) groups is 1. The lowest BCUT2D eigenvalue weighted by atomic mass is 9.97. The molecule has 3 heterocycles. The van der Waals surface area contributed by atoms with Crippen molar-refractivity contribution in [3.05, 3.63) is 53.6 Å². The van der Waals surface area contributed by atoms with Gasteiger partial charge in [0.1, 0.15) is 11.4 Å². The van der Waals surface area contributed by atoms with E-state index in [4.69, 9.17) is 14.7 Å². The van der Waals surface area contributed by atoms with Gasteiger partial charge in [-0.15, -0.1) is 11.8 Å². The summed E-state index contributed by atoms with van der Waals surface area (Å²) in [6.07, 6.45) is 0. The second-order valence-corrected chi connectivity index (χ2v) is 9.72. The first-order valence-corrected chi connectivity index (χ1v) is 11.8. The van der Waals surface area contributed by atoms with Crippen molar-refractivity contribution in [2.24, 2.45) is 0 Å². The Bertz CT molecular complexity index is 1160. The Labute approximate surface area is 192 Å². The quantitative estimate of drug-likeness (QED) is 0.618. The van der Waals surface area contributed by atoms with Crippen LogP contribution in [-0.2, 0) is 16.1 Å². The van der Waals surface area contributed by atoms with Crippen molar-refractivity contribution in [2.45, 2.75) is 30.8 Å². The van der Waals surface area contributed by atoms with Crippen LogP contribution in [0.4, 0.5) is 11.8 Å². The van der Waals surface area contributed by atoms with Gasteiger partial charge < -0.3 is 20.3 Å². The molecule has 2 aromatic carbocycles. The monoisotopic (exact) mass is 449 g/mol. The van der Waals surface area contributed by atoms with Crippen molar-refractivity contribution in [1.29, 1.82) is 0 Å². The molecule has 3 aromatic rings. The third-order valence-corrected chi connectivity index (χ3v) is 6.96. The summed E-state index contributed by atoms with van der Waals surface area (Å²) >= 11 is 1.88. The Hall–Kier alpha value is -2.84. The largest absolute Gasteiger partial charge is 0.376 e. The molecule has 0 bridgehead atoms. The summed E-state index contributed by atoms with van der Waals surface area (Å²) in [5, 5.41) is 7.52. The van der Waals surface area contributed by atoms with Gasteiger partial charge in [-0.3, -0.25) is 4.79 Å². The van der Waals surface area contributed by atoms with E-state index in [0.29, 0.717) is 19.8 Å². The van der Waals surface area contributed by atoms with Crippen molar-refractivity contribution >= 4 is 40.3 Å². The predicted molar refractivity (Wildman–Crippen MR) is 128 cm³/mol. The van der Waals surface area contributed by atoms with Gasteiger partial charge in [0.25, 0.3) is 0 Å². The summed E-state index contributed by atoms with van der Waals surface area (Å²) < 4.78 is 5.40. The van der Waals surface area contributed by atoms with Gasteiger partial charge in [-0.05, 0) is 30.7 Å². The molecule has 166 valence electrons.